The SMILES string of the molecule is CCC(C)OC(=O)Cn1c(SCCCNC(=O)CCC2CCCC2)nc2ccccc21. The number of imidazole rings is 1. The van der Waals surface area contributed by atoms with E-state index in [0.29, 0.717) is 13.0 Å². The zero-order chi connectivity index (χ0) is 22.1. The average molecular weight is 446 g/mol. The molecular formula is C24H35N3O3S. The molecule has 0 aliphatic heterocycles. The van der Waals surface area contributed by atoms with Gasteiger partial charge in [0, 0.05) is 18.7 Å². The van der Waals surface area contributed by atoms with Crippen LogP contribution < -0.4 is 5.32 Å². The molecule has 1 saturated carbocycles. The van der Waals surface area contributed by atoms with Crippen LogP contribution in [0.2, 0.25) is 0 Å². The predicted octanol–water partition coefficient (Wildman–Crippen LogP) is 4.95. The first-order valence-electron chi connectivity index (χ1n) is 11.6. The molecule has 0 spiro atoms. The minimum absolute atomic E-state index is 0.0873. The lowest BCUT2D eigenvalue weighted by molar-refractivity contribution is -0.149. The smallest absolute Gasteiger partial charge is 0.326 e. The van der Waals surface area contributed by atoms with Crippen molar-refractivity contribution in [3.8, 4) is 0 Å². The van der Waals surface area contributed by atoms with Crippen LogP contribution >= 0.6 is 11.8 Å². The quantitative estimate of drug-likeness (QED) is 0.284. The summed E-state index contributed by atoms with van der Waals surface area (Å²) in [5, 5.41) is 3.86. The maximum absolute atomic E-state index is 12.4. The van der Waals surface area contributed by atoms with E-state index >= 15 is 0 Å². The summed E-state index contributed by atoms with van der Waals surface area (Å²) in [7, 11) is 0. The molecule has 3 rings (SSSR count). The van der Waals surface area contributed by atoms with Gasteiger partial charge in [-0.05, 0) is 44.2 Å². The van der Waals surface area contributed by atoms with Crippen LogP contribution in [-0.4, -0.2) is 39.8 Å². The largest absolute Gasteiger partial charge is 0.461 e. The summed E-state index contributed by atoms with van der Waals surface area (Å²) in [6, 6.07) is 7.84. The molecule has 7 heteroatoms. The normalized spacial score (nSPS) is 15.3. The monoisotopic (exact) mass is 445 g/mol. The van der Waals surface area contributed by atoms with Gasteiger partial charge < -0.3 is 14.6 Å². The van der Waals surface area contributed by atoms with E-state index in [0.717, 1.165) is 47.1 Å². The van der Waals surface area contributed by atoms with E-state index in [9.17, 15) is 9.59 Å². The molecule has 31 heavy (non-hydrogen) atoms. The standard InChI is InChI=1S/C24H35N3O3S/c1-3-18(2)30-23(29)17-27-21-12-7-6-11-20(21)26-24(27)31-16-8-15-25-22(28)14-13-19-9-4-5-10-19/h6-7,11-12,18-19H,3-5,8-10,13-17H2,1-2H3,(H,25,28). The number of aromatic nitrogens is 2. The van der Waals surface area contributed by atoms with Crippen LogP contribution in [-0.2, 0) is 20.9 Å². The van der Waals surface area contributed by atoms with Crippen LogP contribution in [0.4, 0.5) is 0 Å². The first kappa shape index (κ1) is 23.6. The Morgan fingerprint density at radius 2 is 2.06 bits per heavy atom. The van der Waals surface area contributed by atoms with E-state index in [4.69, 9.17) is 9.72 Å². The van der Waals surface area contributed by atoms with E-state index in [2.05, 4.69) is 5.32 Å². The number of fused-ring (bicyclic) bond motifs is 1. The van der Waals surface area contributed by atoms with Crippen molar-refractivity contribution in [3.05, 3.63) is 24.3 Å². The number of hydrogen-bond acceptors (Lipinski definition) is 5. The summed E-state index contributed by atoms with van der Waals surface area (Å²) in [6.45, 7) is 4.73. The highest BCUT2D eigenvalue weighted by molar-refractivity contribution is 7.99. The van der Waals surface area contributed by atoms with Crippen LogP contribution in [0, 0.1) is 5.92 Å². The van der Waals surface area contributed by atoms with Gasteiger partial charge >= 0.3 is 5.97 Å². The van der Waals surface area contributed by atoms with E-state index in [1.807, 2.05) is 42.7 Å². The summed E-state index contributed by atoms with van der Waals surface area (Å²) >= 11 is 1.62. The number of thioether (sulfide) groups is 1. The molecule has 1 aliphatic carbocycles. The lowest BCUT2D eigenvalue weighted by Crippen LogP contribution is -2.25. The maximum atomic E-state index is 12.4. The molecule has 1 aliphatic rings. The van der Waals surface area contributed by atoms with E-state index in [-0.39, 0.29) is 24.5 Å². The summed E-state index contributed by atoms with van der Waals surface area (Å²) in [5.74, 6) is 1.50. The number of carbonyl (C=O) groups excluding carboxylic acids is 2. The van der Waals surface area contributed by atoms with Crippen molar-refractivity contribution in [1.29, 1.82) is 0 Å². The molecule has 0 radical (unpaired) electrons. The number of carbonyl (C=O) groups is 2. The zero-order valence-electron chi connectivity index (χ0n) is 18.8. The fourth-order valence-corrected chi connectivity index (χ4v) is 4.93. The van der Waals surface area contributed by atoms with Gasteiger partial charge in [-0.1, -0.05) is 56.5 Å². The van der Waals surface area contributed by atoms with Crippen LogP contribution in [0.3, 0.4) is 0 Å². The predicted molar refractivity (Wildman–Crippen MR) is 125 cm³/mol. The number of para-hydroxylation sites is 2. The van der Waals surface area contributed by atoms with E-state index in [1.54, 1.807) is 11.8 Å². The van der Waals surface area contributed by atoms with Gasteiger partial charge in [0.2, 0.25) is 5.91 Å². The van der Waals surface area contributed by atoms with Crippen molar-refractivity contribution >= 4 is 34.7 Å². The summed E-state index contributed by atoms with van der Waals surface area (Å²) in [5.41, 5.74) is 1.81. The Morgan fingerprint density at radius 3 is 2.84 bits per heavy atom. The molecule has 1 amide bonds. The number of rotatable bonds is 12. The van der Waals surface area contributed by atoms with Gasteiger partial charge in [-0.25, -0.2) is 4.98 Å². The Balaban J connectivity index is 1.46. The first-order chi connectivity index (χ1) is 15.1. The van der Waals surface area contributed by atoms with Gasteiger partial charge in [0.05, 0.1) is 17.1 Å². The highest BCUT2D eigenvalue weighted by Crippen LogP contribution is 2.28. The van der Waals surface area contributed by atoms with Gasteiger partial charge in [0.25, 0.3) is 0 Å². The number of benzene rings is 1. The van der Waals surface area contributed by atoms with Gasteiger partial charge in [-0.2, -0.15) is 0 Å². The van der Waals surface area contributed by atoms with Crippen molar-refractivity contribution in [2.24, 2.45) is 5.92 Å². The fourth-order valence-electron chi connectivity index (χ4n) is 3.98. The minimum Gasteiger partial charge on any atom is -0.461 e. The fraction of sp³-hybridized carbons (Fsp3) is 0.625. The number of esters is 1. The molecule has 170 valence electrons. The Morgan fingerprint density at radius 1 is 1.29 bits per heavy atom. The van der Waals surface area contributed by atoms with Crippen LogP contribution in [0.15, 0.2) is 29.4 Å². The Bertz CT molecular complexity index is 861. The second kappa shape index (κ2) is 12.1. The lowest BCUT2D eigenvalue weighted by Gasteiger charge is -2.13. The topological polar surface area (TPSA) is 73.2 Å². The van der Waals surface area contributed by atoms with Crippen LogP contribution in [0.1, 0.15) is 65.2 Å². The second-order valence-electron chi connectivity index (χ2n) is 8.42. The molecule has 1 heterocycles. The van der Waals surface area contributed by atoms with Crippen LogP contribution in [0.5, 0.6) is 0 Å². The lowest BCUT2D eigenvalue weighted by atomic mass is 10.0. The van der Waals surface area contributed by atoms with E-state index < -0.39 is 0 Å². The molecule has 1 fully saturated rings. The molecular weight excluding hydrogens is 410 g/mol. The van der Waals surface area contributed by atoms with Crippen LogP contribution in [0.25, 0.3) is 11.0 Å². The summed E-state index contributed by atoms with van der Waals surface area (Å²) in [4.78, 5) is 29.1. The molecule has 1 aromatic heterocycles. The van der Waals surface area contributed by atoms with Gasteiger partial charge in [0.1, 0.15) is 6.54 Å². The minimum atomic E-state index is -0.242. The van der Waals surface area contributed by atoms with Crippen molar-refractivity contribution < 1.29 is 14.3 Å². The van der Waals surface area contributed by atoms with Crippen molar-refractivity contribution in [1.82, 2.24) is 14.9 Å². The maximum Gasteiger partial charge on any atom is 0.326 e. The molecule has 1 atom stereocenters. The molecule has 0 bridgehead atoms. The molecule has 1 aromatic carbocycles. The van der Waals surface area contributed by atoms with Crippen molar-refractivity contribution in [2.75, 3.05) is 12.3 Å². The number of hydrogen-bond donors (Lipinski definition) is 1. The average Bonchev–Trinajstić information content (AvgIpc) is 3.40. The Labute approximate surface area is 189 Å². The third kappa shape index (κ3) is 7.27. The Hall–Kier alpha value is -2.02. The summed E-state index contributed by atoms with van der Waals surface area (Å²) < 4.78 is 7.40. The molecule has 1 unspecified atom stereocenters. The number of amides is 1. The first-order valence-corrected chi connectivity index (χ1v) is 12.6. The van der Waals surface area contributed by atoms with Gasteiger partial charge in [-0.15, -0.1) is 0 Å². The second-order valence-corrected chi connectivity index (χ2v) is 9.48. The zero-order valence-corrected chi connectivity index (χ0v) is 19.6. The highest BCUT2D eigenvalue weighted by atomic mass is 32.2. The number of nitrogens with zero attached hydrogens (tertiary/aromatic N) is 2. The summed E-state index contributed by atoms with van der Waals surface area (Å²) in [6.07, 6.45) is 8.46. The molecule has 6 nitrogen and oxygen atoms in total. The highest BCUT2D eigenvalue weighted by Gasteiger charge is 2.17. The van der Waals surface area contributed by atoms with E-state index in [1.165, 1.54) is 25.7 Å². The third-order valence-corrected chi connectivity index (χ3v) is 7.01. The number of nitrogens with one attached hydrogen (secondary N) is 1. The van der Waals surface area contributed by atoms with Crippen molar-refractivity contribution in [3.63, 3.8) is 0 Å². The van der Waals surface area contributed by atoms with Gasteiger partial charge in [0.15, 0.2) is 5.16 Å². The molecule has 2 aromatic rings. The number of ether oxygens (including phenoxy) is 1. The van der Waals surface area contributed by atoms with Crippen molar-refractivity contribution in [2.45, 2.75) is 83.0 Å². The Kier molecular flexibility index (Phi) is 9.25. The third-order valence-electron chi connectivity index (χ3n) is 5.94. The van der Waals surface area contributed by atoms with Gasteiger partial charge in [-0.3, -0.25) is 9.59 Å². The molecule has 1 N–H and O–H groups in total. The molecule has 0 saturated heterocycles.